The molecule has 0 saturated carbocycles. The van der Waals surface area contributed by atoms with Crippen molar-refractivity contribution in [3.63, 3.8) is 0 Å². The first kappa shape index (κ1) is 14.9. The summed E-state index contributed by atoms with van der Waals surface area (Å²) in [6, 6.07) is 14.5. The number of hydrogen-bond donors (Lipinski definition) is 1. The first-order valence-electron chi connectivity index (χ1n) is 6.73. The quantitative estimate of drug-likeness (QED) is 0.874. The van der Waals surface area contributed by atoms with E-state index in [0.717, 1.165) is 16.3 Å². The Bertz CT molecular complexity index is 566. The first-order valence-corrected chi connectivity index (χ1v) is 7.11. The summed E-state index contributed by atoms with van der Waals surface area (Å²) < 4.78 is 5.36. The lowest BCUT2D eigenvalue weighted by atomic mass is 10.1. The molecule has 0 aromatic heterocycles. The number of aryl methyl sites for hydroxylation is 1. The molecular weight excluding hydrogens is 270 g/mol. The SMILES string of the molecule is COc1cccc(Cl)c1CN[C@H](C)c1ccc(C)cc1. The minimum atomic E-state index is 0.261. The van der Waals surface area contributed by atoms with Crippen LogP contribution in [0.25, 0.3) is 0 Å². The monoisotopic (exact) mass is 289 g/mol. The molecule has 1 atom stereocenters. The second-order valence-electron chi connectivity index (χ2n) is 4.93. The van der Waals surface area contributed by atoms with Crippen LogP contribution in [0.2, 0.25) is 5.02 Å². The molecule has 0 saturated heterocycles. The zero-order chi connectivity index (χ0) is 14.5. The number of halogens is 1. The molecule has 0 aliphatic carbocycles. The van der Waals surface area contributed by atoms with E-state index in [1.54, 1.807) is 7.11 Å². The van der Waals surface area contributed by atoms with Gasteiger partial charge in [-0.1, -0.05) is 47.5 Å². The number of methoxy groups -OCH3 is 1. The van der Waals surface area contributed by atoms with Gasteiger partial charge in [0, 0.05) is 23.2 Å². The largest absolute Gasteiger partial charge is 0.496 e. The second-order valence-corrected chi connectivity index (χ2v) is 5.34. The highest BCUT2D eigenvalue weighted by molar-refractivity contribution is 6.31. The van der Waals surface area contributed by atoms with Gasteiger partial charge in [0.25, 0.3) is 0 Å². The highest BCUT2D eigenvalue weighted by atomic mass is 35.5. The van der Waals surface area contributed by atoms with Crippen LogP contribution in [0.1, 0.15) is 29.7 Å². The molecule has 0 aliphatic rings. The van der Waals surface area contributed by atoms with E-state index in [9.17, 15) is 0 Å². The number of ether oxygens (including phenoxy) is 1. The van der Waals surface area contributed by atoms with Crippen LogP contribution in [-0.2, 0) is 6.54 Å². The second kappa shape index (κ2) is 6.78. The van der Waals surface area contributed by atoms with Gasteiger partial charge in [-0.2, -0.15) is 0 Å². The minimum Gasteiger partial charge on any atom is -0.496 e. The lowest BCUT2D eigenvalue weighted by molar-refractivity contribution is 0.406. The van der Waals surface area contributed by atoms with Crippen molar-refractivity contribution in [2.24, 2.45) is 0 Å². The minimum absolute atomic E-state index is 0.261. The molecule has 0 heterocycles. The fraction of sp³-hybridized carbons (Fsp3) is 0.294. The van der Waals surface area contributed by atoms with Gasteiger partial charge < -0.3 is 10.1 Å². The molecular formula is C17H20ClNO. The van der Waals surface area contributed by atoms with Crippen LogP contribution < -0.4 is 10.1 Å². The molecule has 2 aromatic rings. The van der Waals surface area contributed by atoms with Crippen LogP contribution >= 0.6 is 11.6 Å². The van der Waals surface area contributed by atoms with Crippen LogP contribution in [0, 0.1) is 6.92 Å². The fourth-order valence-corrected chi connectivity index (χ4v) is 2.36. The average Bonchev–Trinajstić information content (AvgIpc) is 2.46. The molecule has 0 radical (unpaired) electrons. The Morgan fingerprint density at radius 3 is 2.50 bits per heavy atom. The third-order valence-corrected chi connectivity index (χ3v) is 3.81. The molecule has 0 spiro atoms. The summed E-state index contributed by atoms with van der Waals surface area (Å²) in [5.41, 5.74) is 3.53. The first-order chi connectivity index (χ1) is 9.61. The number of rotatable bonds is 5. The Balaban J connectivity index is 2.07. The molecule has 106 valence electrons. The Morgan fingerprint density at radius 2 is 1.85 bits per heavy atom. The maximum atomic E-state index is 6.24. The Hall–Kier alpha value is -1.51. The highest BCUT2D eigenvalue weighted by Gasteiger charge is 2.10. The van der Waals surface area contributed by atoms with Gasteiger partial charge in [-0.05, 0) is 31.5 Å². The van der Waals surface area contributed by atoms with Gasteiger partial charge in [0.2, 0.25) is 0 Å². The summed E-state index contributed by atoms with van der Waals surface area (Å²) >= 11 is 6.24. The summed E-state index contributed by atoms with van der Waals surface area (Å²) in [7, 11) is 1.67. The van der Waals surface area contributed by atoms with Crippen molar-refractivity contribution < 1.29 is 4.74 Å². The van der Waals surface area contributed by atoms with Gasteiger partial charge >= 0.3 is 0 Å². The summed E-state index contributed by atoms with van der Waals surface area (Å²) in [6.07, 6.45) is 0. The van der Waals surface area contributed by atoms with Crippen LogP contribution in [0.15, 0.2) is 42.5 Å². The number of hydrogen-bond acceptors (Lipinski definition) is 2. The van der Waals surface area contributed by atoms with E-state index in [1.807, 2.05) is 18.2 Å². The van der Waals surface area contributed by atoms with Gasteiger partial charge in [-0.15, -0.1) is 0 Å². The third kappa shape index (κ3) is 3.53. The highest BCUT2D eigenvalue weighted by Crippen LogP contribution is 2.26. The number of benzene rings is 2. The van der Waals surface area contributed by atoms with E-state index in [0.29, 0.717) is 6.54 Å². The van der Waals surface area contributed by atoms with Gasteiger partial charge in [0.1, 0.15) is 5.75 Å². The van der Waals surface area contributed by atoms with Crippen LogP contribution in [0.5, 0.6) is 5.75 Å². The van der Waals surface area contributed by atoms with Crippen LogP contribution in [0.3, 0.4) is 0 Å². The van der Waals surface area contributed by atoms with Crippen molar-refractivity contribution in [2.75, 3.05) is 7.11 Å². The van der Waals surface area contributed by atoms with Crippen LogP contribution in [0.4, 0.5) is 0 Å². The maximum absolute atomic E-state index is 6.24. The molecule has 2 rings (SSSR count). The molecule has 1 N–H and O–H groups in total. The van der Waals surface area contributed by atoms with Gasteiger partial charge in [-0.3, -0.25) is 0 Å². The topological polar surface area (TPSA) is 21.3 Å². The van der Waals surface area contributed by atoms with Gasteiger partial charge in [-0.25, -0.2) is 0 Å². The average molecular weight is 290 g/mol. The summed E-state index contributed by atoms with van der Waals surface area (Å²) in [6.45, 7) is 4.92. The van der Waals surface area contributed by atoms with E-state index >= 15 is 0 Å². The third-order valence-electron chi connectivity index (χ3n) is 3.46. The summed E-state index contributed by atoms with van der Waals surface area (Å²) in [5, 5.41) is 4.22. The summed E-state index contributed by atoms with van der Waals surface area (Å²) in [5.74, 6) is 0.820. The molecule has 2 aromatic carbocycles. The molecule has 20 heavy (non-hydrogen) atoms. The lowest BCUT2D eigenvalue weighted by Crippen LogP contribution is -2.18. The smallest absolute Gasteiger partial charge is 0.124 e. The molecule has 3 heteroatoms. The van der Waals surface area contributed by atoms with E-state index in [1.165, 1.54) is 11.1 Å². The van der Waals surface area contributed by atoms with Gasteiger partial charge in [0.05, 0.1) is 7.11 Å². The van der Waals surface area contributed by atoms with Crippen molar-refractivity contribution in [1.82, 2.24) is 5.32 Å². The van der Waals surface area contributed by atoms with Crippen molar-refractivity contribution in [3.05, 3.63) is 64.2 Å². The Morgan fingerprint density at radius 1 is 1.15 bits per heavy atom. The summed E-state index contributed by atoms with van der Waals surface area (Å²) in [4.78, 5) is 0. The van der Waals surface area contributed by atoms with Crippen molar-refractivity contribution in [3.8, 4) is 5.75 Å². The van der Waals surface area contributed by atoms with Gasteiger partial charge in [0.15, 0.2) is 0 Å². The molecule has 0 unspecified atom stereocenters. The fourth-order valence-electron chi connectivity index (χ4n) is 2.13. The van der Waals surface area contributed by atoms with E-state index in [-0.39, 0.29) is 6.04 Å². The Kier molecular flexibility index (Phi) is 5.05. The molecule has 2 nitrogen and oxygen atoms in total. The van der Waals surface area contributed by atoms with E-state index in [4.69, 9.17) is 16.3 Å². The molecule has 0 fully saturated rings. The van der Waals surface area contributed by atoms with Crippen molar-refractivity contribution in [2.45, 2.75) is 26.4 Å². The zero-order valence-electron chi connectivity index (χ0n) is 12.1. The number of nitrogens with one attached hydrogen (secondary N) is 1. The Labute approximate surface area is 125 Å². The van der Waals surface area contributed by atoms with Crippen molar-refractivity contribution >= 4 is 11.6 Å². The van der Waals surface area contributed by atoms with Crippen molar-refractivity contribution in [1.29, 1.82) is 0 Å². The molecule has 0 bridgehead atoms. The predicted molar refractivity (Wildman–Crippen MR) is 84.4 cm³/mol. The normalized spacial score (nSPS) is 12.2. The molecule has 0 aliphatic heterocycles. The molecule has 0 amide bonds. The zero-order valence-corrected chi connectivity index (χ0v) is 12.9. The van der Waals surface area contributed by atoms with E-state index < -0.39 is 0 Å². The lowest BCUT2D eigenvalue weighted by Gasteiger charge is -2.17. The standard InChI is InChI=1S/C17H20ClNO/c1-12-7-9-14(10-8-12)13(2)19-11-15-16(18)5-4-6-17(15)20-3/h4-10,13,19H,11H2,1-3H3/t13-/m1/s1. The predicted octanol–water partition coefficient (Wildman–Crippen LogP) is 4.51. The van der Waals surface area contributed by atoms with Crippen LogP contribution in [-0.4, -0.2) is 7.11 Å². The van der Waals surface area contributed by atoms with E-state index in [2.05, 4.69) is 43.4 Å². The maximum Gasteiger partial charge on any atom is 0.124 e.